The van der Waals surface area contributed by atoms with Crippen molar-refractivity contribution in [3.8, 4) is 0 Å². The van der Waals surface area contributed by atoms with Crippen LogP contribution < -0.4 is 5.73 Å². The highest BCUT2D eigenvalue weighted by Crippen LogP contribution is 2.49. The van der Waals surface area contributed by atoms with Crippen molar-refractivity contribution in [2.45, 2.75) is 38.5 Å². The number of ether oxygens (including phenoxy) is 1. The van der Waals surface area contributed by atoms with Gasteiger partial charge in [-0.05, 0) is 37.5 Å². The van der Waals surface area contributed by atoms with E-state index in [1.807, 2.05) is 0 Å². The Morgan fingerprint density at radius 1 is 1.16 bits per heavy atom. The summed E-state index contributed by atoms with van der Waals surface area (Å²) in [5, 5.41) is 0. The molecule has 0 aromatic heterocycles. The smallest absolute Gasteiger partial charge is 0.230 e. The normalized spacial score (nSPS) is 27.7. The molecule has 2 N–H and O–H groups in total. The summed E-state index contributed by atoms with van der Waals surface area (Å²) in [5.41, 5.74) is 6.07. The lowest BCUT2D eigenvalue weighted by Gasteiger charge is -2.40. The maximum atomic E-state index is 12.8. The van der Waals surface area contributed by atoms with Crippen LogP contribution in [0.3, 0.4) is 0 Å². The van der Waals surface area contributed by atoms with Crippen molar-refractivity contribution in [2.75, 3.05) is 32.8 Å². The van der Waals surface area contributed by atoms with Gasteiger partial charge in [0.2, 0.25) is 5.91 Å². The number of carbonyl (C=O) groups is 1. The summed E-state index contributed by atoms with van der Waals surface area (Å²) >= 11 is 0. The van der Waals surface area contributed by atoms with Gasteiger partial charge in [-0.2, -0.15) is 0 Å². The zero-order valence-electron chi connectivity index (χ0n) is 11.5. The lowest BCUT2D eigenvalue weighted by Crippen LogP contribution is -2.51. The SMILES string of the molecule is Cl.NCC1(C(=O)N2CCC3(CCC3)C2)CCOCC1. The summed E-state index contributed by atoms with van der Waals surface area (Å²) in [6, 6.07) is 0. The van der Waals surface area contributed by atoms with Crippen molar-refractivity contribution in [1.82, 2.24) is 4.90 Å². The molecule has 0 bridgehead atoms. The number of amides is 1. The number of carbonyl (C=O) groups excluding carboxylic acids is 1. The Labute approximate surface area is 121 Å². The van der Waals surface area contributed by atoms with Crippen LogP contribution in [-0.4, -0.2) is 43.7 Å². The third kappa shape index (κ3) is 2.50. The van der Waals surface area contributed by atoms with E-state index in [0.717, 1.165) is 25.9 Å². The van der Waals surface area contributed by atoms with Gasteiger partial charge in [-0.1, -0.05) is 6.42 Å². The summed E-state index contributed by atoms with van der Waals surface area (Å²) in [5.74, 6) is 0.303. The fraction of sp³-hybridized carbons (Fsp3) is 0.929. The first kappa shape index (κ1) is 15.1. The van der Waals surface area contributed by atoms with E-state index in [2.05, 4.69) is 4.90 Å². The summed E-state index contributed by atoms with van der Waals surface area (Å²) in [4.78, 5) is 14.9. The molecule has 0 aromatic rings. The van der Waals surface area contributed by atoms with Gasteiger partial charge in [0, 0.05) is 32.8 Å². The molecule has 2 saturated heterocycles. The van der Waals surface area contributed by atoms with E-state index >= 15 is 0 Å². The molecule has 1 saturated carbocycles. The molecule has 3 aliphatic rings. The van der Waals surface area contributed by atoms with Crippen molar-refractivity contribution in [3.63, 3.8) is 0 Å². The number of hydrogen-bond acceptors (Lipinski definition) is 3. The van der Waals surface area contributed by atoms with Crippen LogP contribution >= 0.6 is 12.4 Å². The molecule has 2 heterocycles. The third-order valence-electron chi connectivity index (χ3n) is 5.43. The molecule has 5 heteroatoms. The van der Waals surface area contributed by atoms with Gasteiger partial charge in [-0.25, -0.2) is 0 Å². The molecule has 0 aromatic carbocycles. The van der Waals surface area contributed by atoms with E-state index in [4.69, 9.17) is 10.5 Å². The Kier molecular flexibility index (Phi) is 4.43. The van der Waals surface area contributed by atoms with E-state index in [1.54, 1.807) is 0 Å². The lowest BCUT2D eigenvalue weighted by molar-refractivity contribution is -0.146. The molecule has 3 fully saturated rings. The summed E-state index contributed by atoms with van der Waals surface area (Å²) in [6.07, 6.45) is 6.77. The quantitative estimate of drug-likeness (QED) is 0.839. The van der Waals surface area contributed by atoms with Gasteiger partial charge in [-0.15, -0.1) is 12.4 Å². The van der Waals surface area contributed by atoms with Gasteiger partial charge in [0.15, 0.2) is 0 Å². The molecule has 1 aliphatic carbocycles. The van der Waals surface area contributed by atoms with Crippen molar-refractivity contribution < 1.29 is 9.53 Å². The molecule has 19 heavy (non-hydrogen) atoms. The highest BCUT2D eigenvalue weighted by atomic mass is 35.5. The average Bonchev–Trinajstić information content (AvgIpc) is 2.84. The molecule has 1 spiro atoms. The highest BCUT2D eigenvalue weighted by Gasteiger charge is 2.48. The maximum absolute atomic E-state index is 12.8. The minimum Gasteiger partial charge on any atom is -0.381 e. The van der Waals surface area contributed by atoms with Gasteiger partial charge in [0.25, 0.3) is 0 Å². The number of nitrogens with two attached hydrogens (primary N) is 1. The zero-order valence-corrected chi connectivity index (χ0v) is 12.3. The van der Waals surface area contributed by atoms with E-state index in [0.29, 0.717) is 31.1 Å². The van der Waals surface area contributed by atoms with Crippen molar-refractivity contribution in [2.24, 2.45) is 16.6 Å². The second-order valence-corrected chi connectivity index (χ2v) is 6.43. The van der Waals surface area contributed by atoms with E-state index in [1.165, 1.54) is 25.7 Å². The molecule has 4 nitrogen and oxygen atoms in total. The Morgan fingerprint density at radius 3 is 2.32 bits per heavy atom. The maximum Gasteiger partial charge on any atom is 0.230 e. The number of halogens is 1. The van der Waals surface area contributed by atoms with Crippen LogP contribution in [0.25, 0.3) is 0 Å². The van der Waals surface area contributed by atoms with Gasteiger partial charge < -0.3 is 15.4 Å². The predicted molar refractivity (Wildman–Crippen MR) is 76.3 cm³/mol. The Balaban J connectivity index is 0.00000133. The molecular formula is C14H25ClN2O2. The van der Waals surface area contributed by atoms with Crippen LogP contribution in [0.2, 0.25) is 0 Å². The fourth-order valence-electron chi connectivity index (χ4n) is 3.80. The zero-order chi connectivity index (χ0) is 12.6. The second-order valence-electron chi connectivity index (χ2n) is 6.43. The van der Waals surface area contributed by atoms with E-state index < -0.39 is 0 Å². The Morgan fingerprint density at radius 2 is 1.84 bits per heavy atom. The predicted octanol–water partition coefficient (Wildman–Crippen LogP) is 1.57. The molecule has 2 aliphatic heterocycles. The molecule has 0 atom stereocenters. The first-order chi connectivity index (χ1) is 8.70. The molecule has 0 unspecified atom stereocenters. The molecule has 110 valence electrons. The first-order valence-electron chi connectivity index (χ1n) is 7.27. The first-order valence-corrected chi connectivity index (χ1v) is 7.27. The monoisotopic (exact) mass is 288 g/mol. The minimum absolute atomic E-state index is 0. The number of nitrogens with zero attached hydrogens (tertiary/aromatic N) is 1. The Bertz CT molecular complexity index is 338. The van der Waals surface area contributed by atoms with Crippen LogP contribution in [-0.2, 0) is 9.53 Å². The molecule has 0 radical (unpaired) electrons. The van der Waals surface area contributed by atoms with Crippen molar-refractivity contribution >= 4 is 18.3 Å². The van der Waals surface area contributed by atoms with Crippen LogP contribution in [0.5, 0.6) is 0 Å². The van der Waals surface area contributed by atoms with Gasteiger partial charge in [0.05, 0.1) is 5.41 Å². The minimum atomic E-state index is -0.326. The Hall–Kier alpha value is -0.320. The van der Waals surface area contributed by atoms with Crippen LogP contribution in [0.15, 0.2) is 0 Å². The third-order valence-corrected chi connectivity index (χ3v) is 5.43. The van der Waals surface area contributed by atoms with Crippen molar-refractivity contribution in [1.29, 1.82) is 0 Å². The molecular weight excluding hydrogens is 264 g/mol. The molecule has 1 amide bonds. The number of hydrogen-bond donors (Lipinski definition) is 1. The van der Waals surface area contributed by atoms with Crippen LogP contribution in [0, 0.1) is 10.8 Å². The fourth-order valence-corrected chi connectivity index (χ4v) is 3.80. The number of likely N-dealkylation sites (tertiary alicyclic amines) is 1. The summed E-state index contributed by atoms with van der Waals surface area (Å²) < 4.78 is 5.39. The van der Waals surface area contributed by atoms with Gasteiger partial charge >= 0.3 is 0 Å². The van der Waals surface area contributed by atoms with Crippen molar-refractivity contribution in [3.05, 3.63) is 0 Å². The highest BCUT2D eigenvalue weighted by molar-refractivity contribution is 5.85. The van der Waals surface area contributed by atoms with Crippen LogP contribution in [0.1, 0.15) is 38.5 Å². The summed E-state index contributed by atoms with van der Waals surface area (Å²) in [7, 11) is 0. The molecule has 3 rings (SSSR count). The standard InChI is InChI=1S/C14H24N2O2.ClH/c15-10-14(5-8-18-9-6-14)12(17)16-7-4-13(11-16)2-1-3-13;/h1-11,15H2;1H. The largest absolute Gasteiger partial charge is 0.381 e. The van der Waals surface area contributed by atoms with Gasteiger partial charge in [-0.3, -0.25) is 4.79 Å². The summed E-state index contributed by atoms with van der Waals surface area (Å²) in [6.45, 7) is 3.76. The lowest BCUT2D eigenvalue weighted by atomic mass is 9.68. The van der Waals surface area contributed by atoms with E-state index in [-0.39, 0.29) is 17.8 Å². The second kappa shape index (κ2) is 5.58. The number of rotatable bonds is 2. The average molecular weight is 289 g/mol. The van der Waals surface area contributed by atoms with Crippen LogP contribution in [0.4, 0.5) is 0 Å². The van der Waals surface area contributed by atoms with E-state index in [9.17, 15) is 4.79 Å². The topological polar surface area (TPSA) is 55.6 Å². The van der Waals surface area contributed by atoms with Gasteiger partial charge in [0.1, 0.15) is 0 Å².